The fourth-order valence-corrected chi connectivity index (χ4v) is 0.891. The molecule has 0 saturated heterocycles. The number of hydrogen-bond acceptors (Lipinski definition) is 3. The van der Waals surface area contributed by atoms with Gasteiger partial charge in [0.1, 0.15) is 12.0 Å². The Bertz CT molecular complexity index is 436. The van der Waals surface area contributed by atoms with E-state index >= 15 is 0 Å². The zero-order chi connectivity index (χ0) is 9.68. The maximum absolute atomic E-state index is 10.8. The van der Waals surface area contributed by atoms with Gasteiger partial charge >= 0.3 is 0 Å². The van der Waals surface area contributed by atoms with Gasteiger partial charge in [0.2, 0.25) is 5.56 Å². The summed E-state index contributed by atoms with van der Waals surface area (Å²) in [5, 5.41) is 0.840. The van der Waals surface area contributed by atoms with Crippen molar-refractivity contribution in [3.8, 4) is 0 Å². The van der Waals surface area contributed by atoms with Crippen molar-refractivity contribution in [2.75, 3.05) is 0 Å². The van der Waals surface area contributed by atoms with Crippen LogP contribution in [-0.2, 0) is 0 Å². The zero-order valence-corrected chi connectivity index (χ0v) is 7.61. The van der Waals surface area contributed by atoms with Crippen molar-refractivity contribution in [1.29, 1.82) is 0 Å². The molecule has 2 aromatic heterocycles. The van der Waals surface area contributed by atoms with Crippen molar-refractivity contribution in [2.24, 2.45) is 0 Å². The molecule has 0 radical (unpaired) electrons. The Labute approximate surface area is 75.7 Å². The number of hydrogen-bond donors (Lipinski definition) is 1. The normalized spacial score (nSPS) is 9.08. The largest absolute Gasteiger partial charge is 0.306 e. The summed E-state index contributed by atoms with van der Waals surface area (Å²) in [6, 6.07) is 3.14. The van der Waals surface area contributed by atoms with Gasteiger partial charge in [-0.1, -0.05) is 13.8 Å². The molecular weight excluding hydrogens is 166 g/mol. The maximum atomic E-state index is 10.8. The lowest BCUT2D eigenvalue weighted by molar-refractivity contribution is 1.16. The van der Waals surface area contributed by atoms with Crippen LogP contribution in [0.15, 0.2) is 29.5 Å². The lowest BCUT2D eigenvalue weighted by Crippen LogP contribution is -2.03. The van der Waals surface area contributed by atoms with Crippen molar-refractivity contribution in [2.45, 2.75) is 13.8 Å². The van der Waals surface area contributed by atoms with E-state index in [0.717, 1.165) is 5.39 Å². The molecule has 2 aromatic rings. The summed E-state index contributed by atoms with van der Waals surface area (Å²) in [7, 11) is 0. The minimum Gasteiger partial charge on any atom is -0.306 e. The van der Waals surface area contributed by atoms with Crippen LogP contribution in [0.3, 0.4) is 0 Å². The first kappa shape index (κ1) is 9.38. The summed E-state index contributed by atoms with van der Waals surface area (Å²) < 4.78 is 0. The SMILES string of the molecule is CC.O=c1ccc2cncnc2[nH]1. The second-order valence-corrected chi connectivity index (χ2v) is 2.15. The smallest absolute Gasteiger partial charge is 0.249 e. The van der Waals surface area contributed by atoms with Crippen molar-refractivity contribution < 1.29 is 0 Å². The maximum Gasteiger partial charge on any atom is 0.249 e. The predicted octanol–water partition coefficient (Wildman–Crippen LogP) is 1.34. The molecule has 0 aliphatic heterocycles. The lowest BCUT2D eigenvalue weighted by Gasteiger charge is -1.91. The van der Waals surface area contributed by atoms with E-state index in [-0.39, 0.29) is 5.56 Å². The molecule has 2 rings (SSSR count). The second kappa shape index (κ2) is 4.35. The minimum absolute atomic E-state index is 0.142. The number of fused-ring (bicyclic) bond motifs is 1. The van der Waals surface area contributed by atoms with E-state index in [1.807, 2.05) is 13.8 Å². The molecule has 4 heteroatoms. The quantitative estimate of drug-likeness (QED) is 0.660. The van der Waals surface area contributed by atoms with Crippen LogP contribution in [0.4, 0.5) is 0 Å². The van der Waals surface area contributed by atoms with Crippen molar-refractivity contribution in [3.05, 3.63) is 35.0 Å². The van der Waals surface area contributed by atoms with Crippen LogP contribution in [0.25, 0.3) is 11.0 Å². The Hall–Kier alpha value is -1.71. The van der Waals surface area contributed by atoms with Gasteiger partial charge in [-0.05, 0) is 6.07 Å². The number of H-pyrrole nitrogens is 1. The van der Waals surface area contributed by atoms with E-state index in [4.69, 9.17) is 0 Å². The third-order valence-corrected chi connectivity index (χ3v) is 1.40. The average molecular weight is 177 g/mol. The Morgan fingerprint density at radius 1 is 1.31 bits per heavy atom. The monoisotopic (exact) mass is 177 g/mol. The Morgan fingerprint density at radius 3 is 2.85 bits per heavy atom. The predicted molar refractivity (Wildman–Crippen MR) is 51.5 cm³/mol. The first-order chi connectivity index (χ1) is 6.36. The number of aromatic nitrogens is 3. The first-order valence-electron chi connectivity index (χ1n) is 4.15. The molecule has 0 aliphatic rings. The van der Waals surface area contributed by atoms with Gasteiger partial charge in [-0.25, -0.2) is 9.97 Å². The molecule has 0 saturated carbocycles. The van der Waals surface area contributed by atoms with Crippen LogP contribution >= 0.6 is 0 Å². The Kier molecular flexibility index (Phi) is 3.14. The van der Waals surface area contributed by atoms with E-state index in [1.54, 1.807) is 12.3 Å². The molecule has 0 unspecified atom stereocenters. The van der Waals surface area contributed by atoms with E-state index < -0.39 is 0 Å². The fourth-order valence-electron chi connectivity index (χ4n) is 0.891. The third kappa shape index (κ3) is 2.11. The van der Waals surface area contributed by atoms with Crippen LogP contribution in [0.2, 0.25) is 0 Å². The summed E-state index contributed by atoms with van der Waals surface area (Å²) in [6.07, 6.45) is 3.05. The van der Waals surface area contributed by atoms with Gasteiger partial charge in [0, 0.05) is 17.6 Å². The number of aromatic amines is 1. The average Bonchev–Trinajstić information content (AvgIpc) is 2.21. The number of nitrogens with zero attached hydrogens (tertiary/aromatic N) is 2. The molecule has 68 valence electrons. The summed E-state index contributed by atoms with van der Waals surface area (Å²) in [5.74, 6) is 0. The minimum atomic E-state index is -0.142. The molecular formula is C9H11N3O. The Morgan fingerprint density at radius 2 is 2.08 bits per heavy atom. The first-order valence-corrected chi connectivity index (χ1v) is 4.15. The van der Waals surface area contributed by atoms with Crippen LogP contribution in [0, 0.1) is 0 Å². The van der Waals surface area contributed by atoms with E-state index in [1.165, 1.54) is 12.4 Å². The van der Waals surface area contributed by atoms with Gasteiger partial charge in [-0.2, -0.15) is 0 Å². The van der Waals surface area contributed by atoms with Gasteiger partial charge in [-0.15, -0.1) is 0 Å². The zero-order valence-electron chi connectivity index (χ0n) is 7.61. The van der Waals surface area contributed by atoms with Crippen molar-refractivity contribution in [3.63, 3.8) is 0 Å². The topological polar surface area (TPSA) is 58.6 Å². The summed E-state index contributed by atoms with van der Waals surface area (Å²) in [4.78, 5) is 21.0. The van der Waals surface area contributed by atoms with Crippen LogP contribution in [-0.4, -0.2) is 15.0 Å². The highest BCUT2D eigenvalue weighted by Crippen LogP contribution is 2.00. The van der Waals surface area contributed by atoms with Crippen molar-refractivity contribution in [1.82, 2.24) is 15.0 Å². The van der Waals surface area contributed by atoms with E-state index in [2.05, 4.69) is 15.0 Å². The van der Waals surface area contributed by atoms with Gasteiger partial charge in [-0.3, -0.25) is 4.79 Å². The van der Waals surface area contributed by atoms with E-state index in [0.29, 0.717) is 5.65 Å². The van der Waals surface area contributed by atoms with Crippen LogP contribution in [0.5, 0.6) is 0 Å². The summed E-state index contributed by atoms with van der Waals surface area (Å²) in [5.41, 5.74) is 0.434. The Balaban J connectivity index is 0.000000396. The highest BCUT2D eigenvalue weighted by Gasteiger charge is 1.91. The molecule has 0 aromatic carbocycles. The standard InChI is InChI=1S/C7H5N3O.C2H6/c11-6-2-1-5-3-8-4-9-7(5)10-6;1-2/h1-4H,(H,8,9,10,11);1-2H3. The molecule has 0 aliphatic carbocycles. The molecule has 4 nitrogen and oxygen atoms in total. The summed E-state index contributed by atoms with van der Waals surface area (Å²) >= 11 is 0. The third-order valence-electron chi connectivity index (χ3n) is 1.40. The second-order valence-electron chi connectivity index (χ2n) is 2.15. The highest BCUT2D eigenvalue weighted by atomic mass is 16.1. The lowest BCUT2D eigenvalue weighted by atomic mass is 10.3. The highest BCUT2D eigenvalue weighted by molar-refractivity contribution is 5.72. The number of pyridine rings is 1. The van der Waals surface area contributed by atoms with Gasteiger partial charge in [0.05, 0.1) is 0 Å². The molecule has 13 heavy (non-hydrogen) atoms. The van der Waals surface area contributed by atoms with Crippen LogP contribution in [0.1, 0.15) is 13.8 Å². The van der Waals surface area contributed by atoms with E-state index in [9.17, 15) is 4.79 Å². The fraction of sp³-hybridized carbons (Fsp3) is 0.222. The molecule has 1 N–H and O–H groups in total. The number of nitrogens with one attached hydrogen (secondary N) is 1. The molecule has 0 bridgehead atoms. The van der Waals surface area contributed by atoms with Gasteiger partial charge in [0.15, 0.2) is 0 Å². The van der Waals surface area contributed by atoms with Gasteiger partial charge < -0.3 is 4.98 Å². The van der Waals surface area contributed by atoms with Crippen LogP contribution < -0.4 is 5.56 Å². The molecule has 2 heterocycles. The number of rotatable bonds is 0. The van der Waals surface area contributed by atoms with Gasteiger partial charge in [0.25, 0.3) is 0 Å². The molecule has 0 amide bonds. The molecule has 0 atom stereocenters. The summed E-state index contributed by atoms with van der Waals surface area (Å²) in [6.45, 7) is 4.00. The molecule has 0 fully saturated rings. The van der Waals surface area contributed by atoms with Crippen molar-refractivity contribution >= 4 is 11.0 Å². The molecule has 0 spiro atoms.